The molecule has 3 aromatic rings. The van der Waals surface area contributed by atoms with E-state index in [9.17, 15) is 12.8 Å². The topological polar surface area (TPSA) is 83.9 Å². The average molecular weight is 389 g/mol. The summed E-state index contributed by atoms with van der Waals surface area (Å²) in [4.78, 5) is 7.06. The lowest BCUT2D eigenvalue weighted by molar-refractivity contribution is -0.0952. The molecular formula is C18H20FN5O2S. The van der Waals surface area contributed by atoms with Crippen LogP contribution in [0.4, 0.5) is 4.39 Å². The molecule has 0 unspecified atom stereocenters. The van der Waals surface area contributed by atoms with Crippen molar-refractivity contribution in [1.82, 2.24) is 24.1 Å². The molecule has 9 heteroatoms. The number of aromatic nitrogens is 4. The fourth-order valence-electron chi connectivity index (χ4n) is 4.47. The van der Waals surface area contributed by atoms with E-state index in [0.717, 1.165) is 19.3 Å². The molecule has 3 aliphatic rings. The highest BCUT2D eigenvalue weighted by Gasteiger charge is 2.61. The first kappa shape index (κ1) is 16.9. The van der Waals surface area contributed by atoms with Gasteiger partial charge >= 0.3 is 0 Å². The van der Waals surface area contributed by atoms with Gasteiger partial charge in [0.05, 0.1) is 5.52 Å². The van der Waals surface area contributed by atoms with Gasteiger partial charge in [0.15, 0.2) is 5.82 Å². The van der Waals surface area contributed by atoms with E-state index in [1.54, 1.807) is 32.0 Å². The Morgan fingerprint density at radius 2 is 2.04 bits per heavy atom. The Balaban J connectivity index is 1.68. The van der Waals surface area contributed by atoms with Crippen molar-refractivity contribution in [2.75, 3.05) is 7.05 Å². The second kappa shape index (κ2) is 5.17. The van der Waals surface area contributed by atoms with E-state index in [2.05, 4.69) is 15.1 Å². The lowest BCUT2D eigenvalue weighted by Gasteiger charge is -2.64. The minimum Gasteiger partial charge on any atom is -0.342 e. The summed E-state index contributed by atoms with van der Waals surface area (Å²) < 4.78 is 43.9. The molecule has 142 valence electrons. The summed E-state index contributed by atoms with van der Waals surface area (Å²) >= 11 is 0. The maximum atomic E-state index is 14.6. The minimum absolute atomic E-state index is 0.00593. The third kappa shape index (κ3) is 2.18. The van der Waals surface area contributed by atoms with Crippen molar-refractivity contribution in [3.63, 3.8) is 0 Å². The van der Waals surface area contributed by atoms with Crippen LogP contribution in [-0.2, 0) is 17.1 Å². The summed E-state index contributed by atoms with van der Waals surface area (Å²) in [6.45, 7) is 1.77. The molecule has 0 radical (unpaired) electrons. The van der Waals surface area contributed by atoms with Gasteiger partial charge in [-0.25, -0.2) is 17.8 Å². The molecule has 1 aromatic carbocycles. The first-order valence-corrected chi connectivity index (χ1v) is 10.3. The van der Waals surface area contributed by atoms with Crippen LogP contribution >= 0.6 is 0 Å². The van der Waals surface area contributed by atoms with Crippen molar-refractivity contribution < 1.29 is 12.8 Å². The van der Waals surface area contributed by atoms with Crippen LogP contribution in [0.1, 0.15) is 24.8 Å². The first-order valence-electron chi connectivity index (χ1n) is 8.88. The molecule has 0 spiro atoms. The van der Waals surface area contributed by atoms with Crippen LogP contribution in [0.15, 0.2) is 23.5 Å². The maximum Gasteiger partial charge on any atom is 0.258 e. The number of benzene rings is 1. The van der Waals surface area contributed by atoms with Crippen LogP contribution in [0.25, 0.3) is 22.3 Å². The number of aryl methyl sites for hydroxylation is 2. The molecule has 0 atom stereocenters. The van der Waals surface area contributed by atoms with Crippen LogP contribution in [-0.4, -0.2) is 45.1 Å². The largest absolute Gasteiger partial charge is 0.342 e. The maximum absolute atomic E-state index is 14.6. The molecular weight excluding hydrogens is 369 g/mol. The van der Waals surface area contributed by atoms with E-state index in [-0.39, 0.29) is 16.1 Å². The van der Waals surface area contributed by atoms with Crippen molar-refractivity contribution in [2.45, 2.75) is 36.8 Å². The normalized spacial score (nSPS) is 24.3. The Labute approximate surface area is 156 Å². The number of rotatable bonds is 4. The molecule has 1 N–H and O–H groups in total. The van der Waals surface area contributed by atoms with Crippen molar-refractivity contribution in [1.29, 1.82) is 0 Å². The molecule has 6 rings (SSSR count). The molecule has 3 fully saturated rings. The fraction of sp³-hybridized carbons (Fsp3) is 0.444. The third-order valence-electron chi connectivity index (χ3n) is 6.17. The SMILES string of the molecule is Cc1cc(F)c2[nH]c(S(=O)(=O)N(C)C34CC(C3)C4)cc2c1-c1ncn(C)n1. The highest BCUT2D eigenvalue weighted by molar-refractivity contribution is 7.89. The van der Waals surface area contributed by atoms with Gasteiger partial charge in [-0.15, -0.1) is 0 Å². The van der Waals surface area contributed by atoms with Gasteiger partial charge in [0.1, 0.15) is 17.2 Å². The Morgan fingerprint density at radius 3 is 2.59 bits per heavy atom. The molecule has 7 nitrogen and oxygen atoms in total. The summed E-state index contributed by atoms with van der Waals surface area (Å²) in [5, 5.41) is 4.79. The predicted molar refractivity (Wildman–Crippen MR) is 98.0 cm³/mol. The molecule has 0 aliphatic heterocycles. The third-order valence-corrected chi connectivity index (χ3v) is 8.06. The van der Waals surface area contributed by atoms with E-state index in [0.29, 0.717) is 28.3 Å². The minimum atomic E-state index is -3.74. The molecule has 2 aromatic heterocycles. The predicted octanol–water partition coefficient (Wildman–Crippen LogP) is 2.58. The van der Waals surface area contributed by atoms with Gasteiger partial charge in [0, 0.05) is 30.6 Å². The Hall–Kier alpha value is -2.26. The van der Waals surface area contributed by atoms with E-state index in [1.165, 1.54) is 16.4 Å². The number of nitrogens with one attached hydrogen (secondary N) is 1. The number of hydrogen-bond donors (Lipinski definition) is 1. The fourth-order valence-corrected chi connectivity index (χ4v) is 6.00. The van der Waals surface area contributed by atoms with E-state index >= 15 is 0 Å². The second-order valence-corrected chi connectivity index (χ2v) is 9.83. The number of aromatic amines is 1. The lowest BCUT2D eigenvalue weighted by atomic mass is 9.50. The van der Waals surface area contributed by atoms with Crippen LogP contribution < -0.4 is 0 Å². The second-order valence-electron chi connectivity index (χ2n) is 7.89. The van der Waals surface area contributed by atoms with E-state index in [1.807, 2.05) is 0 Å². The number of sulfonamides is 1. The number of nitrogens with zero attached hydrogens (tertiary/aromatic N) is 4. The summed E-state index contributed by atoms with van der Waals surface area (Å²) in [6, 6.07) is 2.89. The van der Waals surface area contributed by atoms with Gasteiger partial charge in [-0.2, -0.15) is 9.40 Å². The van der Waals surface area contributed by atoms with Crippen molar-refractivity contribution in [2.24, 2.45) is 13.0 Å². The number of H-pyrrole nitrogens is 1. The smallest absolute Gasteiger partial charge is 0.258 e. The molecule has 2 heterocycles. The van der Waals surface area contributed by atoms with E-state index < -0.39 is 15.8 Å². The molecule has 27 heavy (non-hydrogen) atoms. The average Bonchev–Trinajstić information content (AvgIpc) is 3.11. The molecule has 3 aliphatic carbocycles. The molecule has 2 bridgehead atoms. The highest BCUT2D eigenvalue weighted by Crippen LogP contribution is 2.61. The van der Waals surface area contributed by atoms with Gasteiger partial charge in [0.25, 0.3) is 10.0 Å². The number of halogens is 1. The Kier molecular flexibility index (Phi) is 3.23. The van der Waals surface area contributed by atoms with Crippen LogP contribution in [0, 0.1) is 18.7 Å². The van der Waals surface area contributed by atoms with Gasteiger partial charge in [-0.3, -0.25) is 4.68 Å². The van der Waals surface area contributed by atoms with Gasteiger partial charge in [-0.1, -0.05) is 0 Å². The van der Waals surface area contributed by atoms with Crippen molar-refractivity contribution in [3.8, 4) is 11.4 Å². The quantitative estimate of drug-likeness (QED) is 0.743. The zero-order valence-electron chi connectivity index (χ0n) is 15.3. The Morgan fingerprint density at radius 1 is 1.33 bits per heavy atom. The number of hydrogen-bond acceptors (Lipinski definition) is 4. The highest BCUT2D eigenvalue weighted by atomic mass is 32.2. The van der Waals surface area contributed by atoms with Gasteiger partial charge in [0.2, 0.25) is 0 Å². The zero-order chi connectivity index (χ0) is 19.1. The summed E-state index contributed by atoms with van der Waals surface area (Å²) in [6.07, 6.45) is 4.31. The summed E-state index contributed by atoms with van der Waals surface area (Å²) in [5.74, 6) is 0.611. The van der Waals surface area contributed by atoms with Gasteiger partial charge < -0.3 is 4.98 Å². The van der Waals surface area contributed by atoms with Gasteiger partial charge in [-0.05, 0) is 49.8 Å². The van der Waals surface area contributed by atoms with Crippen molar-refractivity contribution in [3.05, 3.63) is 29.8 Å². The standard InChI is InChI=1S/C18H20FN5O2S/c1-10-4-13(19)16-12(15(10)17-20-9-23(2)22-17)5-14(21-16)27(25,26)24(3)18-6-11(7-18)8-18/h4-5,9,11,21H,6-8H2,1-3H3. The van der Waals surface area contributed by atoms with Crippen molar-refractivity contribution >= 4 is 20.9 Å². The van der Waals surface area contributed by atoms with Crippen LogP contribution in [0.5, 0.6) is 0 Å². The molecule has 0 amide bonds. The summed E-state index contributed by atoms with van der Waals surface area (Å²) in [5.41, 5.74) is 1.20. The first-order chi connectivity index (χ1) is 12.7. The van der Waals surface area contributed by atoms with Crippen LogP contribution in [0.3, 0.4) is 0 Å². The lowest BCUT2D eigenvalue weighted by Crippen LogP contribution is -2.68. The molecule has 0 saturated heterocycles. The zero-order valence-corrected chi connectivity index (χ0v) is 16.1. The number of fused-ring (bicyclic) bond motifs is 1. The summed E-state index contributed by atoms with van der Waals surface area (Å²) in [7, 11) is -0.367. The van der Waals surface area contributed by atoms with E-state index in [4.69, 9.17) is 0 Å². The Bertz CT molecular complexity index is 1180. The molecule has 3 saturated carbocycles. The van der Waals surface area contributed by atoms with Crippen LogP contribution in [0.2, 0.25) is 0 Å². The monoisotopic (exact) mass is 389 g/mol.